The topological polar surface area (TPSA) is 47.6 Å². The average Bonchev–Trinajstić information content (AvgIpc) is 2.45. The summed E-state index contributed by atoms with van der Waals surface area (Å²) in [4.78, 5) is -2.08. The Morgan fingerprint density at radius 1 is 0.870 bits per heavy atom. The van der Waals surface area contributed by atoms with Gasteiger partial charge in [-0.3, -0.25) is 0 Å². The van der Waals surface area contributed by atoms with Crippen LogP contribution in [-0.4, -0.2) is 0 Å². The summed E-state index contributed by atoms with van der Waals surface area (Å²) in [5.74, 6) is 0. The third-order valence-electron chi connectivity index (χ3n) is 2.72. The lowest BCUT2D eigenvalue weighted by Gasteiger charge is -2.40. The van der Waals surface area contributed by atoms with Crippen LogP contribution >= 0.6 is 22.0 Å². The molecule has 0 bridgehead atoms. The highest BCUT2D eigenvalue weighted by Gasteiger charge is 2.65. The van der Waals surface area contributed by atoms with Gasteiger partial charge in [0, 0.05) is 9.79 Å². The van der Waals surface area contributed by atoms with Crippen molar-refractivity contribution in [3.05, 3.63) is 53.6 Å². The highest BCUT2D eigenvalue weighted by atomic mass is 32.5. The van der Waals surface area contributed by atoms with Crippen molar-refractivity contribution in [2.24, 2.45) is 0 Å². The number of rotatable bonds is 3. The average molecular weight is 362 g/mol. The first-order chi connectivity index (χ1) is 10.4. The van der Waals surface area contributed by atoms with Crippen LogP contribution < -0.4 is 0 Å². The van der Waals surface area contributed by atoms with Crippen molar-refractivity contribution in [1.29, 1.82) is 10.5 Å². The van der Waals surface area contributed by atoms with Crippen molar-refractivity contribution in [2.75, 3.05) is 0 Å². The summed E-state index contributed by atoms with van der Waals surface area (Å²) in [6.07, 6.45) is 0. The summed E-state index contributed by atoms with van der Waals surface area (Å²) in [7, 11) is -9.95. The highest BCUT2D eigenvalue weighted by Crippen LogP contribution is 3.02. The largest absolute Gasteiger partial charge is 0.310 e. The van der Waals surface area contributed by atoms with E-state index in [0.29, 0.717) is 16.7 Å². The quantitative estimate of drug-likeness (QED) is 0.607. The lowest BCUT2D eigenvalue weighted by molar-refractivity contribution is 0.363. The maximum absolute atomic E-state index is 13.0. The summed E-state index contributed by atoms with van der Waals surface area (Å²) in [6.45, 7) is 0. The van der Waals surface area contributed by atoms with Gasteiger partial charge in [-0.15, -0.1) is 0 Å². The van der Waals surface area contributed by atoms with Crippen molar-refractivity contribution >= 4 is 22.0 Å². The van der Waals surface area contributed by atoms with Crippen LogP contribution in [0.15, 0.2) is 57.2 Å². The summed E-state index contributed by atoms with van der Waals surface area (Å²) in [6, 6.07) is 11.2. The second-order valence-electron chi connectivity index (χ2n) is 4.45. The van der Waals surface area contributed by atoms with Crippen LogP contribution in [-0.2, 0) is 0 Å². The number of halogens is 5. The highest BCUT2D eigenvalue weighted by molar-refractivity contribution is 8.45. The molecule has 0 amide bonds. The van der Waals surface area contributed by atoms with Crippen molar-refractivity contribution in [3.8, 4) is 12.1 Å². The summed E-state index contributed by atoms with van der Waals surface area (Å²) in [5, 5.41) is 17.9. The zero-order valence-electron chi connectivity index (χ0n) is 11.1. The predicted octanol–water partition coefficient (Wildman–Crippen LogP) is 6.24. The predicted molar refractivity (Wildman–Crippen MR) is 77.8 cm³/mol. The van der Waals surface area contributed by atoms with Crippen molar-refractivity contribution < 1.29 is 19.4 Å². The number of nitrogens with zero attached hydrogens (tertiary/aromatic N) is 2. The molecule has 0 spiro atoms. The fraction of sp³-hybridized carbons (Fsp3) is 0. The lowest BCUT2D eigenvalue weighted by atomic mass is 10.1. The van der Waals surface area contributed by atoms with Crippen LogP contribution in [0.5, 0.6) is 0 Å². The van der Waals surface area contributed by atoms with Gasteiger partial charge in [-0.1, -0.05) is 49.4 Å². The maximum atomic E-state index is 13.0. The zero-order chi connectivity index (χ0) is 17.4. The number of hydrogen-bond acceptors (Lipinski definition) is 3. The molecule has 2 nitrogen and oxygen atoms in total. The Hall–Kier alpha value is -2.23. The molecule has 0 aliphatic rings. The Bertz CT molecular complexity index is 850. The summed E-state index contributed by atoms with van der Waals surface area (Å²) in [5.41, 5.74) is -1.11. The van der Waals surface area contributed by atoms with Crippen molar-refractivity contribution in [1.82, 2.24) is 0 Å². The van der Waals surface area contributed by atoms with E-state index in [1.54, 1.807) is 36.4 Å². The van der Waals surface area contributed by atoms with E-state index in [4.69, 9.17) is 10.5 Å². The van der Waals surface area contributed by atoms with Gasteiger partial charge in [-0.2, -0.15) is 10.5 Å². The molecule has 0 saturated carbocycles. The van der Waals surface area contributed by atoms with Crippen molar-refractivity contribution in [3.63, 3.8) is 0 Å². The number of hydrogen-bond donors (Lipinski definition) is 0. The molecule has 2 rings (SSSR count). The fourth-order valence-corrected chi connectivity index (χ4v) is 3.46. The van der Waals surface area contributed by atoms with E-state index in [-0.39, 0.29) is 22.6 Å². The fourth-order valence-electron chi connectivity index (χ4n) is 1.71. The van der Waals surface area contributed by atoms with Gasteiger partial charge in [0.1, 0.15) is 17.0 Å². The Labute approximate surface area is 132 Å². The van der Waals surface area contributed by atoms with E-state index < -0.39 is 20.7 Å². The number of benzene rings is 2. The molecule has 0 unspecified atom stereocenters. The van der Waals surface area contributed by atoms with Gasteiger partial charge >= 0.3 is 10.2 Å². The lowest BCUT2D eigenvalue weighted by Crippen LogP contribution is -2.07. The molecule has 0 aromatic heterocycles. The van der Waals surface area contributed by atoms with E-state index >= 15 is 0 Å². The molecule has 0 aliphatic heterocycles. The van der Waals surface area contributed by atoms with Crippen LogP contribution in [0.3, 0.4) is 0 Å². The molecule has 2 aromatic rings. The molecule has 0 heterocycles. The van der Waals surface area contributed by atoms with Gasteiger partial charge in [-0.05, 0) is 24.3 Å². The Morgan fingerprint density at radius 3 is 1.96 bits per heavy atom. The zero-order valence-corrected chi connectivity index (χ0v) is 12.8. The molecule has 23 heavy (non-hydrogen) atoms. The van der Waals surface area contributed by atoms with Gasteiger partial charge in [0.2, 0.25) is 0 Å². The molecule has 2 aromatic carbocycles. The molecule has 9 heteroatoms. The molecule has 0 aliphatic carbocycles. The molecule has 0 N–H and O–H groups in total. The molecule has 0 atom stereocenters. The third kappa shape index (κ3) is 3.95. The first kappa shape index (κ1) is 17.1. The first-order valence-electron chi connectivity index (χ1n) is 5.90. The van der Waals surface area contributed by atoms with E-state index in [1.807, 2.05) is 0 Å². The molecule has 0 radical (unpaired) electrons. The van der Waals surface area contributed by atoms with E-state index in [2.05, 4.69) is 0 Å². The first-order valence-corrected chi connectivity index (χ1v) is 8.66. The molecule has 0 saturated heterocycles. The van der Waals surface area contributed by atoms with E-state index in [0.717, 1.165) is 0 Å². The van der Waals surface area contributed by atoms with Gasteiger partial charge in [0.05, 0.1) is 11.1 Å². The van der Waals surface area contributed by atoms with Crippen LogP contribution in [0.25, 0.3) is 0 Å². The minimum atomic E-state index is -9.95. The summed E-state index contributed by atoms with van der Waals surface area (Å²) >= 11 is 0.708. The van der Waals surface area contributed by atoms with Crippen molar-refractivity contribution in [2.45, 2.75) is 14.7 Å². The summed E-state index contributed by atoms with van der Waals surface area (Å²) < 4.78 is 65.1. The Kier molecular flexibility index (Phi) is 3.64. The number of nitriles is 2. The molecule has 0 fully saturated rings. The van der Waals surface area contributed by atoms with Gasteiger partial charge in [0.15, 0.2) is 0 Å². The maximum Gasteiger partial charge on any atom is 0.310 e. The monoisotopic (exact) mass is 362 g/mol. The minimum Gasteiger partial charge on any atom is -0.192 e. The van der Waals surface area contributed by atoms with Crippen LogP contribution in [0.4, 0.5) is 19.4 Å². The normalized spacial score (nSPS) is 14.2. The standard InChI is InChI=1S/C14H7F5N2S2/c15-23(16,17,18,19)12-6-10(8-20)13(9-21)14(7-12)22-11-4-2-1-3-5-11/h1-7H. The van der Waals surface area contributed by atoms with Crippen LogP contribution in [0.2, 0.25) is 0 Å². The van der Waals surface area contributed by atoms with Gasteiger partial charge in [0.25, 0.3) is 0 Å². The third-order valence-corrected chi connectivity index (χ3v) is 4.90. The molecule has 120 valence electrons. The van der Waals surface area contributed by atoms with Crippen LogP contribution in [0, 0.1) is 22.7 Å². The SMILES string of the molecule is N#Cc1cc(S(F)(F)(F)(F)F)cc(Sc2ccccc2)c1C#N. The second kappa shape index (κ2) is 4.88. The Balaban J connectivity index is 2.71. The van der Waals surface area contributed by atoms with Gasteiger partial charge < -0.3 is 0 Å². The van der Waals surface area contributed by atoms with Gasteiger partial charge in [-0.25, -0.2) is 0 Å². The Morgan fingerprint density at radius 2 is 1.48 bits per heavy atom. The molecular weight excluding hydrogens is 355 g/mol. The smallest absolute Gasteiger partial charge is 0.192 e. The minimum absolute atomic E-state index is 0.0230. The van der Waals surface area contributed by atoms with E-state index in [1.165, 1.54) is 6.07 Å². The van der Waals surface area contributed by atoms with Crippen LogP contribution in [0.1, 0.15) is 11.1 Å². The second-order valence-corrected chi connectivity index (χ2v) is 7.98. The molecular formula is C14H7F5N2S2. The van der Waals surface area contributed by atoms with E-state index in [9.17, 15) is 19.4 Å².